The number of hydrogen-bond donors (Lipinski definition) is 0. The van der Waals surface area contributed by atoms with Crippen LogP contribution in [-0.4, -0.2) is 15.9 Å². The maximum absolute atomic E-state index is 12.1. The van der Waals surface area contributed by atoms with Gasteiger partial charge >= 0.3 is 0 Å². The quantitative estimate of drug-likeness (QED) is 0.743. The fraction of sp³-hybridized carbons (Fsp3) is 0.250. The van der Waals surface area contributed by atoms with Gasteiger partial charge in [-0.05, 0) is 26.0 Å². The number of benzene rings is 1. The van der Waals surface area contributed by atoms with Crippen molar-refractivity contribution in [2.24, 2.45) is 0 Å². The maximum Gasteiger partial charge on any atom is 0.258 e. The maximum atomic E-state index is 12.1. The van der Waals surface area contributed by atoms with E-state index in [0.29, 0.717) is 6.54 Å². The summed E-state index contributed by atoms with van der Waals surface area (Å²) in [4.78, 5) is 20.8. The van der Waals surface area contributed by atoms with E-state index in [0.717, 1.165) is 27.8 Å². The van der Waals surface area contributed by atoms with E-state index in [1.165, 1.54) is 0 Å². The van der Waals surface area contributed by atoms with Crippen LogP contribution >= 0.6 is 11.3 Å². The van der Waals surface area contributed by atoms with Crippen LogP contribution in [-0.2, 0) is 6.54 Å². The lowest BCUT2D eigenvalue weighted by molar-refractivity contribution is 0.806. The van der Waals surface area contributed by atoms with Crippen molar-refractivity contribution < 1.29 is 0 Å². The molecule has 0 aliphatic rings. The largest absolute Gasteiger partial charge is 0.366 e. The molecule has 0 aliphatic carbocycles. The van der Waals surface area contributed by atoms with Gasteiger partial charge in [0.2, 0.25) is 0 Å². The molecular formula is C16H17N3OS. The minimum atomic E-state index is -0.0107. The van der Waals surface area contributed by atoms with Crippen LogP contribution in [0.3, 0.4) is 0 Å². The lowest BCUT2D eigenvalue weighted by atomic mass is 10.2. The van der Waals surface area contributed by atoms with Gasteiger partial charge in [0.1, 0.15) is 0 Å². The van der Waals surface area contributed by atoms with Crippen LogP contribution in [0.15, 0.2) is 47.4 Å². The topological polar surface area (TPSA) is 37.6 Å². The van der Waals surface area contributed by atoms with Crippen molar-refractivity contribution in [3.63, 3.8) is 0 Å². The number of aromatic nitrogens is 2. The molecule has 0 amide bonds. The second-order valence-electron chi connectivity index (χ2n) is 4.93. The molecule has 5 heteroatoms. The van der Waals surface area contributed by atoms with Gasteiger partial charge < -0.3 is 4.90 Å². The highest BCUT2D eigenvalue weighted by Crippen LogP contribution is 2.17. The first-order valence-electron chi connectivity index (χ1n) is 6.96. The Morgan fingerprint density at radius 3 is 2.76 bits per heavy atom. The van der Waals surface area contributed by atoms with E-state index in [2.05, 4.69) is 28.9 Å². The highest BCUT2D eigenvalue weighted by Gasteiger charge is 2.09. The number of fused-ring (bicyclic) bond motifs is 1. The molecule has 0 spiro atoms. The zero-order valence-electron chi connectivity index (χ0n) is 12.1. The van der Waals surface area contributed by atoms with Gasteiger partial charge in [0.15, 0.2) is 4.96 Å². The summed E-state index contributed by atoms with van der Waals surface area (Å²) < 4.78 is 1.61. The highest BCUT2D eigenvalue weighted by atomic mass is 32.1. The molecule has 0 saturated carbocycles. The fourth-order valence-electron chi connectivity index (χ4n) is 2.36. The predicted octanol–water partition coefficient (Wildman–Crippen LogP) is 3.09. The van der Waals surface area contributed by atoms with Crippen LogP contribution in [0.1, 0.15) is 17.5 Å². The van der Waals surface area contributed by atoms with Crippen LogP contribution in [0.25, 0.3) is 4.96 Å². The van der Waals surface area contributed by atoms with Crippen molar-refractivity contribution in [2.75, 3.05) is 11.4 Å². The van der Waals surface area contributed by atoms with Crippen molar-refractivity contribution in [3.8, 4) is 0 Å². The number of anilines is 1. The van der Waals surface area contributed by atoms with Crippen LogP contribution in [0.2, 0.25) is 0 Å². The first-order chi connectivity index (χ1) is 10.2. The van der Waals surface area contributed by atoms with Gasteiger partial charge in [0.05, 0.1) is 12.2 Å². The molecule has 0 radical (unpaired) electrons. The van der Waals surface area contributed by atoms with Crippen molar-refractivity contribution in [1.29, 1.82) is 0 Å². The molecule has 2 aromatic heterocycles. The zero-order chi connectivity index (χ0) is 14.8. The molecule has 0 saturated heterocycles. The standard InChI is InChI=1S/C16H17N3OS/c1-3-18(14-7-5-4-6-8-14)11-13-9-15(20)19-10-12(2)21-16(19)17-13/h4-10H,3,11H2,1-2H3. The van der Waals surface area contributed by atoms with E-state index in [9.17, 15) is 4.79 Å². The zero-order valence-corrected chi connectivity index (χ0v) is 12.9. The summed E-state index contributed by atoms with van der Waals surface area (Å²) in [6.07, 6.45) is 1.84. The first kappa shape index (κ1) is 13.8. The van der Waals surface area contributed by atoms with Gasteiger partial charge in [-0.2, -0.15) is 0 Å². The Kier molecular flexibility index (Phi) is 3.75. The van der Waals surface area contributed by atoms with E-state index in [-0.39, 0.29) is 5.56 Å². The molecule has 3 aromatic rings. The molecule has 0 bridgehead atoms. The van der Waals surface area contributed by atoms with Crippen molar-refractivity contribution in [1.82, 2.24) is 9.38 Å². The van der Waals surface area contributed by atoms with E-state index < -0.39 is 0 Å². The first-order valence-corrected chi connectivity index (χ1v) is 7.77. The van der Waals surface area contributed by atoms with Crippen LogP contribution in [0, 0.1) is 6.92 Å². The summed E-state index contributed by atoms with van der Waals surface area (Å²) in [6, 6.07) is 11.8. The summed E-state index contributed by atoms with van der Waals surface area (Å²) in [6.45, 7) is 5.60. The Bertz CT molecular complexity index is 807. The molecule has 0 fully saturated rings. The second kappa shape index (κ2) is 5.69. The summed E-state index contributed by atoms with van der Waals surface area (Å²) in [5, 5.41) is 0. The average molecular weight is 299 g/mol. The number of rotatable bonds is 4. The van der Waals surface area contributed by atoms with Crippen LogP contribution in [0.5, 0.6) is 0 Å². The summed E-state index contributed by atoms with van der Waals surface area (Å²) in [5.74, 6) is 0. The Labute approximate surface area is 127 Å². The lowest BCUT2D eigenvalue weighted by Crippen LogP contribution is -2.24. The molecule has 0 aliphatic heterocycles. The molecule has 3 rings (SSSR count). The predicted molar refractivity (Wildman–Crippen MR) is 87.2 cm³/mol. The Morgan fingerprint density at radius 2 is 2.05 bits per heavy atom. The summed E-state index contributed by atoms with van der Waals surface area (Å²) in [7, 11) is 0. The Morgan fingerprint density at radius 1 is 1.29 bits per heavy atom. The summed E-state index contributed by atoms with van der Waals surface area (Å²) in [5.41, 5.74) is 1.94. The van der Waals surface area contributed by atoms with Crippen LogP contribution < -0.4 is 10.5 Å². The molecule has 1 aromatic carbocycles. The molecule has 0 unspecified atom stereocenters. The number of hydrogen-bond acceptors (Lipinski definition) is 4. The fourth-order valence-corrected chi connectivity index (χ4v) is 3.21. The van der Waals surface area contributed by atoms with Crippen molar-refractivity contribution in [2.45, 2.75) is 20.4 Å². The van der Waals surface area contributed by atoms with Crippen molar-refractivity contribution >= 4 is 22.0 Å². The lowest BCUT2D eigenvalue weighted by Gasteiger charge is -2.22. The van der Waals surface area contributed by atoms with E-state index in [1.54, 1.807) is 21.8 Å². The minimum absolute atomic E-state index is 0.0107. The number of thiazole rings is 1. The van der Waals surface area contributed by atoms with E-state index >= 15 is 0 Å². The average Bonchev–Trinajstić information content (AvgIpc) is 2.87. The molecule has 108 valence electrons. The monoisotopic (exact) mass is 299 g/mol. The number of nitrogens with zero attached hydrogens (tertiary/aromatic N) is 3. The SMILES string of the molecule is CCN(Cc1cc(=O)n2cc(C)sc2n1)c1ccccc1. The van der Waals surface area contributed by atoms with Gasteiger partial charge in [0, 0.05) is 29.4 Å². The minimum Gasteiger partial charge on any atom is -0.366 e. The summed E-state index contributed by atoms with van der Waals surface area (Å²) >= 11 is 1.54. The molecular weight excluding hydrogens is 282 g/mol. The van der Waals surface area contributed by atoms with Gasteiger partial charge in [-0.3, -0.25) is 9.20 Å². The molecule has 21 heavy (non-hydrogen) atoms. The third-order valence-corrected chi connectivity index (χ3v) is 4.29. The Balaban J connectivity index is 1.95. The van der Waals surface area contributed by atoms with Gasteiger partial charge in [-0.1, -0.05) is 18.2 Å². The molecule has 4 nitrogen and oxygen atoms in total. The molecule has 0 atom stereocenters. The van der Waals surface area contributed by atoms with Gasteiger partial charge in [-0.15, -0.1) is 11.3 Å². The normalized spacial score (nSPS) is 11.0. The number of para-hydroxylation sites is 1. The van der Waals surface area contributed by atoms with Gasteiger partial charge in [0.25, 0.3) is 5.56 Å². The van der Waals surface area contributed by atoms with E-state index in [4.69, 9.17) is 0 Å². The van der Waals surface area contributed by atoms with Crippen molar-refractivity contribution in [3.05, 3.63) is 63.5 Å². The third kappa shape index (κ3) is 2.83. The van der Waals surface area contributed by atoms with E-state index in [1.807, 2.05) is 31.3 Å². The second-order valence-corrected chi connectivity index (χ2v) is 6.14. The highest BCUT2D eigenvalue weighted by molar-refractivity contribution is 7.16. The Hall–Kier alpha value is -2.14. The number of aryl methyl sites for hydroxylation is 1. The van der Waals surface area contributed by atoms with Gasteiger partial charge in [-0.25, -0.2) is 4.98 Å². The molecule has 2 heterocycles. The third-order valence-electron chi connectivity index (χ3n) is 3.39. The van der Waals surface area contributed by atoms with Crippen LogP contribution in [0.4, 0.5) is 5.69 Å². The molecule has 0 N–H and O–H groups in total. The smallest absolute Gasteiger partial charge is 0.258 e.